The maximum atomic E-state index is 13.0. The van der Waals surface area contributed by atoms with Gasteiger partial charge in [-0.3, -0.25) is 4.98 Å². The third-order valence-corrected chi connectivity index (χ3v) is 3.22. The number of halogens is 4. The highest BCUT2D eigenvalue weighted by molar-refractivity contribution is 6.33. The van der Waals surface area contributed by atoms with E-state index in [1.165, 1.54) is 0 Å². The van der Waals surface area contributed by atoms with Gasteiger partial charge in [-0.25, -0.2) is 0 Å². The summed E-state index contributed by atoms with van der Waals surface area (Å²) in [5.41, 5.74) is -0.724. The van der Waals surface area contributed by atoms with Crippen molar-refractivity contribution in [2.75, 3.05) is 0 Å². The number of alkyl halides is 3. The molecule has 4 nitrogen and oxygen atoms in total. The van der Waals surface area contributed by atoms with E-state index in [2.05, 4.69) is 15.2 Å². The van der Waals surface area contributed by atoms with Crippen LogP contribution in [0.4, 0.5) is 13.2 Å². The van der Waals surface area contributed by atoms with Gasteiger partial charge in [0, 0.05) is 12.4 Å². The van der Waals surface area contributed by atoms with E-state index in [1.807, 2.05) is 0 Å². The van der Waals surface area contributed by atoms with Gasteiger partial charge in [0.25, 0.3) is 0 Å². The molecule has 3 aromatic rings. The van der Waals surface area contributed by atoms with Crippen molar-refractivity contribution in [3.8, 4) is 22.9 Å². The first kappa shape index (κ1) is 14.5. The number of benzene rings is 1. The molecule has 0 unspecified atom stereocenters. The van der Waals surface area contributed by atoms with Gasteiger partial charge < -0.3 is 4.42 Å². The Morgan fingerprint density at radius 2 is 1.64 bits per heavy atom. The third-order valence-electron chi connectivity index (χ3n) is 2.89. The minimum atomic E-state index is -4.54. The van der Waals surface area contributed by atoms with Crippen LogP contribution in [0.25, 0.3) is 22.9 Å². The summed E-state index contributed by atoms with van der Waals surface area (Å²) in [7, 11) is 0. The van der Waals surface area contributed by atoms with Crippen molar-refractivity contribution in [1.82, 2.24) is 15.2 Å². The van der Waals surface area contributed by atoms with Crippen molar-refractivity contribution in [3.05, 3.63) is 53.3 Å². The number of hydrogen-bond acceptors (Lipinski definition) is 4. The molecule has 112 valence electrons. The monoisotopic (exact) mass is 325 g/mol. The topological polar surface area (TPSA) is 51.8 Å². The summed E-state index contributed by atoms with van der Waals surface area (Å²) in [5, 5.41) is 7.77. The fourth-order valence-electron chi connectivity index (χ4n) is 1.89. The van der Waals surface area contributed by atoms with Gasteiger partial charge in [-0.2, -0.15) is 13.2 Å². The minimum Gasteiger partial charge on any atom is -0.416 e. The van der Waals surface area contributed by atoms with Crippen molar-refractivity contribution in [3.63, 3.8) is 0 Å². The summed E-state index contributed by atoms with van der Waals surface area (Å²) in [6.45, 7) is 0. The van der Waals surface area contributed by atoms with Crippen molar-refractivity contribution in [1.29, 1.82) is 0 Å². The van der Waals surface area contributed by atoms with Crippen LogP contribution in [0, 0.1) is 0 Å². The molecule has 0 aliphatic heterocycles. The molecule has 0 fully saturated rings. The molecular formula is C14H7ClF3N3O. The Morgan fingerprint density at radius 3 is 2.32 bits per heavy atom. The molecule has 0 saturated carbocycles. The maximum absolute atomic E-state index is 13.0. The predicted molar refractivity (Wildman–Crippen MR) is 73.0 cm³/mol. The lowest BCUT2D eigenvalue weighted by molar-refractivity contribution is -0.137. The second kappa shape index (κ2) is 5.42. The number of rotatable bonds is 2. The molecule has 3 rings (SSSR count). The summed E-state index contributed by atoms with van der Waals surface area (Å²) in [4.78, 5) is 3.68. The highest BCUT2D eigenvalue weighted by Gasteiger charge is 2.35. The molecule has 2 aromatic heterocycles. The molecule has 0 radical (unpaired) electrons. The van der Waals surface area contributed by atoms with Crippen molar-refractivity contribution < 1.29 is 17.6 Å². The van der Waals surface area contributed by atoms with E-state index in [1.54, 1.807) is 24.3 Å². The summed E-state index contributed by atoms with van der Waals surface area (Å²) in [6.07, 6.45) is -2.46. The normalized spacial score (nSPS) is 11.6. The lowest BCUT2D eigenvalue weighted by Crippen LogP contribution is -2.07. The Morgan fingerprint density at radius 1 is 0.955 bits per heavy atom. The molecule has 0 atom stereocenters. The van der Waals surface area contributed by atoms with Crippen molar-refractivity contribution in [2.24, 2.45) is 0 Å². The van der Waals surface area contributed by atoms with Crippen LogP contribution in [-0.4, -0.2) is 15.2 Å². The van der Waals surface area contributed by atoms with E-state index < -0.39 is 11.7 Å². The smallest absolute Gasteiger partial charge is 0.416 e. The molecule has 0 aliphatic rings. The van der Waals surface area contributed by atoms with E-state index in [0.29, 0.717) is 10.6 Å². The van der Waals surface area contributed by atoms with Crippen LogP contribution in [0.2, 0.25) is 5.02 Å². The molecule has 0 N–H and O–H groups in total. The molecule has 2 heterocycles. The van der Waals surface area contributed by atoms with E-state index in [9.17, 15) is 13.2 Å². The van der Waals surface area contributed by atoms with E-state index in [-0.39, 0.29) is 17.3 Å². The van der Waals surface area contributed by atoms with Gasteiger partial charge in [0.15, 0.2) is 0 Å². The lowest BCUT2D eigenvalue weighted by Gasteiger charge is -2.08. The molecule has 0 saturated heterocycles. The predicted octanol–water partition coefficient (Wildman–Crippen LogP) is 4.47. The second-order valence-corrected chi connectivity index (χ2v) is 4.72. The largest absolute Gasteiger partial charge is 0.417 e. The first-order valence-corrected chi connectivity index (χ1v) is 6.44. The van der Waals surface area contributed by atoms with Gasteiger partial charge in [-0.1, -0.05) is 23.7 Å². The highest BCUT2D eigenvalue weighted by Crippen LogP contribution is 2.37. The number of pyridine rings is 1. The Kier molecular flexibility index (Phi) is 3.58. The summed E-state index contributed by atoms with van der Waals surface area (Å²) >= 11 is 6.00. The first-order valence-electron chi connectivity index (χ1n) is 6.07. The van der Waals surface area contributed by atoms with Crippen LogP contribution in [-0.2, 0) is 6.18 Å². The van der Waals surface area contributed by atoms with Crippen LogP contribution >= 0.6 is 11.6 Å². The highest BCUT2D eigenvalue weighted by atomic mass is 35.5. The average molecular weight is 326 g/mol. The van der Waals surface area contributed by atoms with Gasteiger partial charge in [0.2, 0.25) is 11.8 Å². The molecule has 0 aliphatic carbocycles. The van der Waals surface area contributed by atoms with Crippen molar-refractivity contribution >= 4 is 11.6 Å². The van der Waals surface area contributed by atoms with Gasteiger partial charge >= 0.3 is 6.18 Å². The molecule has 8 heteroatoms. The molecule has 0 amide bonds. The van der Waals surface area contributed by atoms with Gasteiger partial charge in [-0.15, -0.1) is 10.2 Å². The third kappa shape index (κ3) is 2.67. The maximum Gasteiger partial charge on any atom is 0.417 e. The summed E-state index contributed by atoms with van der Waals surface area (Å²) in [6, 6.07) is 7.52. The molecule has 0 bridgehead atoms. The minimum absolute atomic E-state index is 0.0394. The van der Waals surface area contributed by atoms with Gasteiger partial charge in [-0.05, 0) is 18.2 Å². The Bertz CT molecular complexity index is 817. The van der Waals surface area contributed by atoms with Crippen LogP contribution in [0.15, 0.2) is 47.1 Å². The van der Waals surface area contributed by atoms with Gasteiger partial charge in [0.1, 0.15) is 0 Å². The standard InChI is InChI=1S/C14H7ClF3N3O/c15-11-4-2-1-3-8(11)12-20-21-13(22-12)9-7-19-6-5-10(9)14(16,17)18/h1-7H. The fraction of sp³-hybridized carbons (Fsp3) is 0.0714. The Labute approximate surface area is 127 Å². The van der Waals surface area contributed by atoms with Crippen LogP contribution < -0.4 is 0 Å². The van der Waals surface area contributed by atoms with E-state index >= 15 is 0 Å². The molecule has 1 aromatic carbocycles. The van der Waals surface area contributed by atoms with Crippen LogP contribution in [0.1, 0.15) is 5.56 Å². The van der Waals surface area contributed by atoms with Gasteiger partial charge in [0.05, 0.1) is 21.7 Å². The zero-order chi connectivity index (χ0) is 15.7. The van der Waals surface area contributed by atoms with Crippen LogP contribution in [0.5, 0.6) is 0 Å². The van der Waals surface area contributed by atoms with E-state index in [0.717, 1.165) is 18.5 Å². The zero-order valence-electron chi connectivity index (χ0n) is 10.8. The Balaban J connectivity index is 2.08. The number of aromatic nitrogens is 3. The number of nitrogens with zero attached hydrogens (tertiary/aromatic N) is 3. The first-order chi connectivity index (χ1) is 10.5. The fourth-order valence-corrected chi connectivity index (χ4v) is 2.10. The van der Waals surface area contributed by atoms with E-state index in [4.69, 9.17) is 16.0 Å². The molecular weight excluding hydrogens is 319 g/mol. The summed E-state index contributed by atoms with van der Waals surface area (Å²) < 4.78 is 44.3. The van der Waals surface area contributed by atoms with Crippen molar-refractivity contribution in [2.45, 2.75) is 6.18 Å². The second-order valence-electron chi connectivity index (χ2n) is 4.31. The molecule has 0 spiro atoms. The molecule has 22 heavy (non-hydrogen) atoms. The SMILES string of the molecule is FC(F)(F)c1ccncc1-c1nnc(-c2ccccc2Cl)o1. The van der Waals surface area contributed by atoms with Crippen LogP contribution in [0.3, 0.4) is 0 Å². The summed E-state index contributed by atoms with van der Waals surface area (Å²) in [5.74, 6) is -0.229. The lowest BCUT2D eigenvalue weighted by atomic mass is 10.1. The zero-order valence-corrected chi connectivity index (χ0v) is 11.6. The Hall–Kier alpha value is -2.41. The average Bonchev–Trinajstić information content (AvgIpc) is 2.96. The number of hydrogen-bond donors (Lipinski definition) is 0. The quantitative estimate of drug-likeness (QED) is 0.697.